The van der Waals surface area contributed by atoms with Crippen LogP contribution in [0.5, 0.6) is 11.5 Å². The van der Waals surface area contributed by atoms with Crippen molar-refractivity contribution < 1.29 is 27.4 Å². The number of carbonyl (C=O) groups is 1. The third-order valence-corrected chi connectivity index (χ3v) is 3.94. The summed E-state index contributed by atoms with van der Waals surface area (Å²) < 4.78 is 49.2. The van der Waals surface area contributed by atoms with Crippen molar-refractivity contribution in [1.82, 2.24) is 10.6 Å². The zero-order valence-electron chi connectivity index (χ0n) is 15.0. The van der Waals surface area contributed by atoms with Crippen molar-refractivity contribution in [2.75, 3.05) is 20.8 Å². The Labute approximate surface area is 155 Å². The van der Waals surface area contributed by atoms with Gasteiger partial charge in [-0.15, -0.1) is 0 Å². The first kappa shape index (κ1) is 20.4. The predicted molar refractivity (Wildman–Crippen MR) is 94.9 cm³/mol. The molecular formula is C19H21F3N2O3. The number of rotatable bonds is 7. The van der Waals surface area contributed by atoms with Crippen molar-refractivity contribution in [2.45, 2.75) is 19.1 Å². The maximum Gasteiger partial charge on any atom is 0.416 e. The molecule has 0 saturated carbocycles. The lowest BCUT2D eigenvalue weighted by Gasteiger charge is -2.14. The highest BCUT2D eigenvalue weighted by Gasteiger charge is 2.32. The fourth-order valence-electron chi connectivity index (χ4n) is 2.56. The van der Waals surface area contributed by atoms with Crippen molar-refractivity contribution in [2.24, 2.45) is 0 Å². The van der Waals surface area contributed by atoms with Crippen molar-refractivity contribution in [3.8, 4) is 11.5 Å². The SMILES string of the molecule is COc1ccc(CNC(=O)NCCc2ccccc2C(F)(F)F)c(OC)c1. The number of alkyl halides is 3. The van der Waals surface area contributed by atoms with Crippen LogP contribution in [-0.4, -0.2) is 26.8 Å². The molecule has 2 aromatic rings. The summed E-state index contributed by atoms with van der Waals surface area (Å²) in [7, 11) is 3.05. The van der Waals surface area contributed by atoms with Crippen LogP contribution in [0.25, 0.3) is 0 Å². The van der Waals surface area contributed by atoms with E-state index >= 15 is 0 Å². The summed E-state index contributed by atoms with van der Waals surface area (Å²) in [5.41, 5.74) is 0.202. The number of hydrogen-bond acceptors (Lipinski definition) is 3. The van der Waals surface area contributed by atoms with Gasteiger partial charge in [0.2, 0.25) is 0 Å². The van der Waals surface area contributed by atoms with Crippen LogP contribution >= 0.6 is 0 Å². The molecule has 0 aliphatic heterocycles. The molecule has 0 fully saturated rings. The minimum absolute atomic E-state index is 0.0783. The minimum atomic E-state index is -4.41. The Morgan fingerprint density at radius 1 is 1.00 bits per heavy atom. The third kappa shape index (κ3) is 5.80. The van der Waals surface area contributed by atoms with Gasteiger partial charge in [0.1, 0.15) is 11.5 Å². The molecule has 5 nitrogen and oxygen atoms in total. The largest absolute Gasteiger partial charge is 0.497 e. The van der Waals surface area contributed by atoms with E-state index in [-0.39, 0.29) is 25.1 Å². The molecule has 0 aliphatic rings. The van der Waals surface area contributed by atoms with E-state index in [1.165, 1.54) is 26.4 Å². The Hall–Kier alpha value is -2.90. The van der Waals surface area contributed by atoms with Gasteiger partial charge in [0.25, 0.3) is 0 Å². The Kier molecular flexibility index (Phi) is 6.92. The van der Waals surface area contributed by atoms with E-state index in [0.717, 1.165) is 11.6 Å². The van der Waals surface area contributed by atoms with E-state index in [1.54, 1.807) is 24.3 Å². The fraction of sp³-hybridized carbons (Fsp3) is 0.316. The summed E-state index contributed by atoms with van der Waals surface area (Å²) in [6, 6.07) is 10.1. The van der Waals surface area contributed by atoms with Gasteiger partial charge in [0.15, 0.2) is 0 Å². The predicted octanol–water partition coefficient (Wildman–Crippen LogP) is 3.76. The Balaban J connectivity index is 1.86. The summed E-state index contributed by atoms with van der Waals surface area (Å²) in [5.74, 6) is 1.19. The number of halogens is 3. The standard InChI is InChI=1S/C19H21F3N2O3/c1-26-15-8-7-14(17(11-15)27-2)12-24-18(25)23-10-9-13-5-3-4-6-16(13)19(20,21)22/h3-8,11H,9-10,12H2,1-2H3,(H2,23,24,25). The Bertz CT molecular complexity index is 779. The molecule has 2 rings (SSSR count). The molecule has 0 bridgehead atoms. The van der Waals surface area contributed by atoms with Crippen LogP contribution in [0, 0.1) is 0 Å². The molecule has 0 unspecified atom stereocenters. The quantitative estimate of drug-likeness (QED) is 0.767. The van der Waals surface area contributed by atoms with Crippen molar-refractivity contribution in [3.05, 3.63) is 59.2 Å². The fourth-order valence-corrected chi connectivity index (χ4v) is 2.56. The number of ether oxygens (including phenoxy) is 2. The molecule has 0 heterocycles. The molecule has 146 valence electrons. The molecule has 8 heteroatoms. The summed E-state index contributed by atoms with van der Waals surface area (Å²) in [5, 5.41) is 5.21. The molecule has 0 aliphatic carbocycles. The number of amides is 2. The second-order valence-corrected chi connectivity index (χ2v) is 5.69. The summed E-state index contributed by atoms with van der Waals surface area (Å²) in [6.45, 7) is 0.289. The van der Waals surface area contributed by atoms with Crippen molar-refractivity contribution in [3.63, 3.8) is 0 Å². The first-order chi connectivity index (χ1) is 12.8. The minimum Gasteiger partial charge on any atom is -0.497 e. The second kappa shape index (κ2) is 9.16. The maximum absolute atomic E-state index is 12.9. The molecule has 2 amide bonds. The molecule has 2 aromatic carbocycles. The first-order valence-corrected chi connectivity index (χ1v) is 8.23. The Morgan fingerprint density at radius 3 is 2.41 bits per heavy atom. The highest BCUT2D eigenvalue weighted by molar-refractivity contribution is 5.73. The molecular weight excluding hydrogens is 361 g/mol. The van der Waals surface area contributed by atoms with Gasteiger partial charge in [-0.05, 0) is 30.2 Å². The molecule has 0 aromatic heterocycles. The van der Waals surface area contributed by atoms with Gasteiger partial charge < -0.3 is 20.1 Å². The normalized spacial score (nSPS) is 11.0. The van der Waals surface area contributed by atoms with Gasteiger partial charge >= 0.3 is 12.2 Å². The highest BCUT2D eigenvalue weighted by atomic mass is 19.4. The Morgan fingerprint density at radius 2 is 1.74 bits per heavy atom. The maximum atomic E-state index is 12.9. The first-order valence-electron chi connectivity index (χ1n) is 8.23. The van der Waals surface area contributed by atoms with Crippen LogP contribution in [0.4, 0.5) is 18.0 Å². The number of carbonyl (C=O) groups excluding carboxylic acids is 1. The van der Waals surface area contributed by atoms with Crippen LogP contribution in [0.2, 0.25) is 0 Å². The van der Waals surface area contributed by atoms with Gasteiger partial charge in [-0.1, -0.05) is 18.2 Å². The average Bonchev–Trinajstić information content (AvgIpc) is 2.65. The number of methoxy groups -OCH3 is 2. The van der Waals surface area contributed by atoms with E-state index in [4.69, 9.17) is 9.47 Å². The van der Waals surface area contributed by atoms with E-state index in [9.17, 15) is 18.0 Å². The lowest BCUT2D eigenvalue weighted by Crippen LogP contribution is -2.36. The van der Waals surface area contributed by atoms with E-state index in [1.807, 2.05) is 0 Å². The van der Waals surface area contributed by atoms with Crippen molar-refractivity contribution >= 4 is 6.03 Å². The number of benzene rings is 2. The van der Waals surface area contributed by atoms with Crippen LogP contribution < -0.4 is 20.1 Å². The van der Waals surface area contributed by atoms with Crippen molar-refractivity contribution in [1.29, 1.82) is 0 Å². The number of hydrogen-bond donors (Lipinski definition) is 2. The summed E-state index contributed by atoms with van der Waals surface area (Å²) >= 11 is 0. The van der Waals surface area contributed by atoms with Gasteiger partial charge in [0, 0.05) is 24.7 Å². The lowest BCUT2D eigenvalue weighted by molar-refractivity contribution is -0.138. The van der Waals surface area contributed by atoms with E-state index < -0.39 is 17.8 Å². The molecule has 0 saturated heterocycles. The van der Waals surface area contributed by atoms with Crippen LogP contribution in [-0.2, 0) is 19.1 Å². The zero-order chi connectivity index (χ0) is 19.9. The van der Waals surface area contributed by atoms with Crippen LogP contribution in [0.3, 0.4) is 0 Å². The smallest absolute Gasteiger partial charge is 0.416 e. The van der Waals surface area contributed by atoms with Gasteiger partial charge in [-0.3, -0.25) is 0 Å². The molecule has 0 atom stereocenters. The highest BCUT2D eigenvalue weighted by Crippen LogP contribution is 2.31. The molecule has 0 radical (unpaired) electrons. The van der Waals surface area contributed by atoms with E-state index in [2.05, 4.69) is 10.6 Å². The molecule has 2 N–H and O–H groups in total. The molecule has 0 spiro atoms. The van der Waals surface area contributed by atoms with Gasteiger partial charge in [-0.2, -0.15) is 13.2 Å². The topological polar surface area (TPSA) is 59.6 Å². The van der Waals surface area contributed by atoms with Gasteiger partial charge in [0.05, 0.1) is 19.8 Å². The lowest BCUT2D eigenvalue weighted by atomic mass is 10.0. The number of nitrogens with one attached hydrogen (secondary N) is 2. The second-order valence-electron chi connectivity index (χ2n) is 5.69. The summed E-state index contributed by atoms with van der Waals surface area (Å²) in [4.78, 5) is 11.9. The zero-order valence-corrected chi connectivity index (χ0v) is 15.0. The van der Waals surface area contributed by atoms with Crippen LogP contribution in [0.1, 0.15) is 16.7 Å². The van der Waals surface area contributed by atoms with E-state index in [0.29, 0.717) is 11.5 Å². The third-order valence-electron chi connectivity index (χ3n) is 3.94. The summed E-state index contributed by atoms with van der Waals surface area (Å²) in [6.07, 6.45) is -4.33. The van der Waals surface area contributed by atoms with Gasteiger partial charge in [-0.25, -0.2) is 4.79 Å². The average molecular weight is 382 g/mol. The molecule has 27 heavy (non-hydrogen) atoms. The number of urea groups is 1. The van der Waals surface area contributed by atoms with Crippen LogP contribution in [0.15, 0.2) is 42.5 Å². The monoisotopic (exact) mass is 382 g/mol.